The third-order valence-electron chi connectivity index (χ3n) is 3.35. The molecule has 0 saturated heterocycles. The maximum atomic E-state index is 12.3. The van der Waals surface area contributed by atoms with Crippen molar-refractivity contribution in [1.82, 2.24) is 4.98 Å². The van der Waals surface area contributed by atoms with Gasteiger partial charge in [-0.05, 0) is 12.1 Å². The number of carbonyl (C=O) groups excluding carboxylic acids is 1. The van der Waals surface area contributed by atoms with Crippen LogP contribution in [0.1, 0.15) is 37.0 Å². The lowest BCUT2D eigenvalue weighted by molar-refractivity contribution is 0.0997. The predicted octanol–water partition coefficient (Wildman–Crippen LogP) is 3.80. The third-order valence-corrected chi connectivity index (χ3v) is 4.11. The molecule has 1 amide bonds. The molecular weight excluding hydrogens is 312 g/mol. The number of hydrogen-bond acceptors (Lipinski definition) is 5. The monoisotopic (exact) mass is 328 g/mol. The summed E-state index contributed by atoms with van der Waals surface area (Å²) in [6, 6.07) is 8.04. The first-order valence-electron chi connectivity index (χ1n) is 7.15. The van der Waals surface area contributed by atoms with Crippen LogP contribution in [0, 0.1) is 0 Å². The Balaban J connectivity index is 1.89. The van der Waals surface area contributed by atoms with Crippen molar-refractivity contribution in [3.63, 3.8) is 0 Å². The molecule has 0 saturated carbocycles. The number of nitrogens with zero attached hydrogens (tertiary/aromatic N) is 1. The number of anilines is 1. The van der Waals surface area contributed by atoms with Crippen molar-refractivity contribution < 1.29 is 9.21 Å². The molecule has 0 aliphatic heterocycles. The summed E-state index contributed by atoms with van der Waals surface area (Å²) in [6.07, 6.45) is 0. The van der Waals surface area contributed by atoms with Crippen molar-refractivity contribution in [3.05, 3.63) is 57.4 Å². The van der Waals surface area contributed by atoms with Gasteiger partial charge in [-0.1, -0.05) is 32.9 Å². The fourth-order valence-electron chi connectivity index (χ4n) is 2.05. The average Bonchev–Trinajstić information content (AvgIpc) is 2.96. The van der Waals surface area contributed by atoms with Crippen molar-refractivity contribution >= 4 is 33.3 Å². The second kappa shape index (κ2) is 5.62. The summed E-state index contributed by atoms with van der Waals surface area (Å²) in [5, 5.41) is 5.52. The van der Waals surface area contributed by atoms with Gasteiger partial charge in [-0.2, -0.15) is 0 Å². The molecule has 0 aliphatic rings. The van der Waals surface area contributed by atoms with E-state index in [-0.39, 0.29) is 16.6 Å². The summed E-state index contributed by atoms with van der Waals surface area (Å²) >= 11 is 1.34. The summed E-state index contributed by atoms with van der Waals surface area (Å²) < 4.78 is 5.52. The number of carbonyl (C=O) groups is 1. The Morgan fingerprint density at radius 3 is 2.70 bits per heavy atom. The molecule has 23 heavy (non-hydrogen) atoms. The summed E-state index contributed by atoms with van der Waals surface area (Å²) in [4.78, 5) is 28.7. The number of amides is 1. The standard InChI is InChI=1S/C17H16N2O3S/c1-17(2,3)14-9-23-16(18-14)19-15(21)13-8-11(20)10-6-4-5-7-12(10)22-13/h4-9H,1-3H3,(H,18,19,21). The zero-order chi connectivity index (χ0) is 16.6. The minimum absolute atomic E-state index is 0.0267. The summed E-state index contributed by atoms with van der Waals surface area (Å²) in [5.74, 6) is -0.510. The quantitative estimate of drug-likeness (QED) is 0.776. The largest absolute Gasteiger partial charge is 0.451 e. The van der Waals surface area contributed by atoms with Crippen molar-refractivity contribution in [1.29, 1.82) is 0 Å². The second-order valence-electron chi connectivity index (χ2n) is 6.21. The van der Waals surface area contributed by atoms with Gasteiger partial charge in [-0.3, -0.25) is 14.9 Å². The highest BCUT2D eigenvalue weighted by Crippen LogP contribution is 2.26. The normalized spacial score (nSPS) is 11.6. The van der Waals surface area contributed by atoms with E-state index in [9.17, 15) is 9.59 Å². The number of rotatable bonds is 2. The van der Waals surface area contributed by atoms with E-state index >= 15 is 0 Å². The Morgan fingerprint density at radius 2 is 2.00 bits per heavy atom. The maximum Gasteiger partial charge on any atom is 0.293 e. The molecule has 3 rings (SSSR count). The predicted molar refractivity (Wildman–Crippen MR) is 91.3 cm³/mol. The number of fused-ring (bicyclic) bond motifs is 1. The fraction of sp³-hybridized carbons (Fsp3) is 0.235. The van der Waals surface area contributed by atoms with Gasteiger partial charge in [-0.15, -0.1) is 11.3 Å². The Labute approximate surface area is 137 Å². The molecule has 2 aromatic heterocycles. The van der Waals surface area contributed by atoms with E-state index in [1.165, 1.54) is 17.4 Å². The molecule has 5 nitrogen and oxygen atoms in total. The Kier molecular flexibility index (Phi) is 3.77. The van der Waals surface area contributed by atoms with Crippen LogP contribution in [0.2, 0.25) is 0 Å². The van der Waals surface area contributed by atoms with E-state index in [1.54, 1.807) is 24.3 Å². The van der Waals surface area contributed by atoms with Crippen LogP contribution < -0.4 is 10.7 Å². The lowest BCUT2D eigenvalue weighted by Gasteiger charge is -2.14. The molecule has 0 spiro atoms. The summed E-state index contributed by atoms with van der Waals surface area (Å²) in [6.45, 7) is 6.15. The molecule has 1 N–H and O–H groups in total. The highest BCUT2D eigenvalue weighted by atomic mass is 32.1. The van der Waals surface area contributed by atoms with Gasteiger partial charge in [0.15, 0.2) is 16.3 Å². The second-order valence-corrected chi connectivity index (χ2v) is 7.07. The van der Waals surface area contributed by atoms with Crippen LogP contribution in [-0.4, -0.2) is 10.9 Å². The lowest BCUT2D eigenvalue weighted by atomic mass is 9.93. The van der Waals surface area contributed by atoms with Crippen LogP contribution >= 0.6 is 11.3 Å². The van der Waals surface area contributed by atoms with Gasteiger partial charge in [0, 0.05) is 16.9 Å². The molecule has 6 heteroatoms. The van der Waals surface area contributed by atoms with E-state index < -0.39 is 5.91 Å². The van der Waals surface area contributed by atoms with Gasteiger partial charge in [0.2, 0.25) is 0 Å². The molecule has 3 aromatic rings. The van der Waals surface area contributed by atoms with Crippen molar-refractivity contribution in [3.8, 4) is 0 Å². The minimum atomic E-state index is -0.484. The van der Waals surface area contributed by atoms with E-state index in [1.807, 2.05) is 5.38 Å². The van der Waals surface area contributed by atoms with E-state index in [0.29, 0.717) is 16.1 Å². The highest BCUT2D eigenvalue weighted by Gasteiger charge is 2.19. The first-order chi connectivity index (χ1) is 10.8. The van der Waals surface area contributed by atoms with Crippen LogP contribution in [0.25, 0.3) is 11.0 Å². The Morgan fingerprint density at radius 1 is 1.26 bits per heavy atom. The zero-order valence-corrected chi connectivity index (χ0v) is 13.9. The van der Waals surface area contributed by atoms with Gasteiger partial charge in [0.25, 0.3) is 5.91 Å². The fourth-order valence-corrected chi connectivity index (χ4v) is 2.98. The Hall–Kier alpha value is -2.47. The molecule has 0 bridgehead atoms. The molecular formula is C17H16N2O3S. The van der Waals surface area contributed by atoms with Gasteiger partial charge < -0.3 is 4.42 Å². The molecule has 0 fully saturated rings. The highest BCUT2D eigenvalue weighted by molar-refractivity contribution is 7.14. The van der Waals surface area contributed by atoms with E-state index in [0.717, 1.165) is 5.69 Å². The summed E-state index contributed by atoms with van der Waals surface area (Å²) in [5.41, 5.74) is 0.957. The first-order valence-corrected chi connectivity index (χ1v) is 8.03. The van der Waals surface area contributed by atoms with Crippen LogP contribution in [0.15, 0.2) is 44.9 Å². The molecule has 0 unspecified atom stereocenters. The van der Waals surface area contributed by atoms with Crippen molar-refractivity contribution in [2.24, 2.45) is 0 Å². The third kappa shape index (κ3) is 3.17. The Bertz CT molecular complexity index is 935. The average molecular weight is 328 g/mol. The number of hydrogen-bond donors (Lipinski definition) is 1. The molecule has 2 heterocycles. The lowest BCUT2D eigenvalue weighted by Crippen LogP contribution is -2.16. The number of aromatic nitrogens is 1. The minimum Gasteiger partial charge on any atom is -0.451 e. The molecule has 1 aromatic carbocycles. The van der Waals surface area contributed by atoms with Crippen LogP contribution in [0.5, 0.6) is 0 Å². The van der Waals surface area contributed by atoms with Gasteiger partial charge in [-0.25, -0.2) is 4.98 Å². The molecule has 0 radical (unpaired) electrons. The number of thiazole rings is 1. The van der Waals surface area contributed by atoms with Crippen LogP contribution in [-0.2, 0) is 5.41 Å². The number of nitrogens with one attached hydrogen (secondary N) is 1. The number of benzene rings is 1. The molecule has 0 atom stereocenters. The zero-order valence-electron chi connectivity index (χ0n) is 13.0. The number of para-hydroxylation sites is 1. The maximum absolute atomic E-state index is 12.3. The topological polar surface area (TPSA) is 72.2 Å². The smallest absolute Gasteiger partial charge is 0.293 e. The van der Waals surface area contributed by atoms with Crippen LogP contribution in [0.4, 0.5) is 5.13 Å². The van der Waals surface area contributed by atoms with Crippen LogP contribution in [0.3, 0.4) is 0 Å². The first kappa shape index (κ1) is 15.4. The van der Waals surface area contributed by atoms with E-state index in [2.05, 4.69) is 31.1 Å². The van der Waals surface area contributed by atoms with Gasteiger partial charge in [0.1, 0.15) is 5.58 Å². The molecule has 0 aliphatic carbocycles. The van der Waals surface area contributed by atoms with Gasteiger partial charge in [0.05, 0.1) is 11.1 Å². The SMILES string of the molecule is CC(C)(C)c1csc(NC(=O)c2cc(=O)c3ccccc3o2)n1. The van der Waals surface area contributed by atoms with E-state index in [4.69, 9.17) is 4.42 Å². The van der Waals surface area contributed by atoms with Crippen molar-refractivity contribution in [2.75, 3.05) is 5.32 Å². The summed E-state index contributed by atoms with van der Waals surface area (Å²) in [7, 11) is 0. The van der Waals surface area contributed by atoms with Gasteiger partial charge >= 0.3 is 0 Å². The van der Waals surface area contributed by atoms with Crippen molar-refractivity contribution in [2.45, 2.75) is 26.2 Å². The molecule has 118 valence electrons.